The lowest BCUT2D eigenvalue weighted by Crippen LogP contribution is -2.14. The number of carbonyl (C=O) groups is 1. The van der Waals surface area contributed by atoms with E-state index in [-0.39, 0.29) is 11.7 Å². The van der Waals surface area contributed by atoms with Crippen molar-refractivity contribution in [1.29, 1.82) is 0 Å². The molecule has 2 aromatic heterocycles. The van der Waals surface area contributed by atoms with Gasteiger partial charge in [-0.2, -0.15) is 0 Å². The highest BCUT2D eigenvalue weighted by Crippen LogP contribution is 2.26. The normalized spacial score (nSPS) is 10.8. The van der Waals surface area contributed by atoms with E-state index in [4.69, 9.17) is 0 Å². The Labute approximate surface area is 172 Å². The standard InChI is InChI=1S/C22H19N5OS/c1-2-13-27-21(17-10-11-19-16(14-17)7-6-12-23-19)25-26-22(27)29-15-20(28)24-18-8-4-3-5-9-18/h2-12,14H,1,13,15H2,(H,24,28). The molecule has 0 aliphatic rings. The van der Waals surface area contributed by atoms with Gasteiger partial charge in [0.2, 0.25) is 5.91 Å². The molecule has 2 aromatic carbocycles. The first-order valence-electron chi connectivity index (χ1n) is 9.11. The number of fused-ring (bicyclic) bond motifs is 1. The van der Waals surface area contributed by atoms with E-state index >= 15 is 0 Å². The zero-order valence-electron chi connectivity index (χ0n) is 15.7. The second kappa shape index (κ2) is 8.70. The fraction of sp³-hybridized carbons (Fsp3) is 0.0909. The highest BCUT2D eigenvalue weighted by atomic mass is 32.2. The van der Waals surface area contributed by atoms with E-state index < -0.39 is 0 Å². The number of amides is 1. The maximum atomic E-state index is 12.3. The van der Waals surface area contributed by atoms with Crippen molar-refractivity contribution < 1.29 is 4.79 Å². The van der Waals surface area contributed by atoms with E-state index in [1.54, 1.807) is 12.3 Å². The van der Waals surface area contributed by atoms with Crippen LogP contribution in [0.5, 0.6) is 0 Å². The Kier molecular flexibility index (Phi) is 5.67. The topological polar surface area (TPSA) is 72.7 Å². The summed E-state index contributed by atoms with van der Waals surface area (Å²) in [5.41, 5.74) is 2.65. The van der Waals surface area contributed by atoms with Crippen molar-refractivity contribution in [3.8, 4) is 11.4 Å². The molecular weight excluding hydrogens is 382 g/mol. The van der Waals surface area contributed by atoms with E-state index in [0.717, 1.165) is 28.0 Å². The molecule has 6 nitrogen and oxygen atoms in total. The molecule has 0 aliphatic heterocycles. The van der Waals surface area contributed by atoms with E-state index in [1.165, 1.54) is 11.8 Å². The van der Waals surface area contributed by atoms with Crippen molar-refractivity contribution in [3.63, 3.8) is 0 Å². The number of aromatic nitrogens is 4. The molecule has 0 atom stereocenters. The predicted molar refractivity (Wildman–Crippen MR) is 117 cm³/mol. The number of hydrogen-bond acceptors (Lipinski definition) is 5. The maximum Gasteiger partial charge on any atom is 0.234 e. The molecule has 2 heterocycles. The minimum Gasteiger partial charge on any atom is -0.325 e. The van der Waals surface area contributed by atoms with Crippen LogP contribution in [-0.2, 0) is 11.3 Å². The molecule has 0 fully saturated rings. The molecule has 0 radical (unpaired) electrons. The van der Waals surface area contributed by atoms with Gasteiger partial charge >= 0.3 is 0 Å². The number of pyridine rings is 1. The lowest BCUT2D eigenvalue weighted by Gasteiger charge is -2.09. The molecule has 29 heavy (non-hydrogen) atoms. The quantitative estimate of drug-likeness (QED) is 0.367. The zero-order chi connectivity index (χ0) is 20.1. The molecule has 0 unspecified atom stereocenters. The minimum absolute atomic E-state index is 0.0901. The number of nitrogens with one attached hydrogen (secondary N) is 1. The number of para-hydroxylation sites is 1. The Bertz CT molecular complexity index is 1160. The third-order valence-electron chi connectivity index (χ3n) is 4.28. The van der Waals surface area contributed by atoms with Crippen molar-refractivity contribution in [2.75, 3.05) is 11.1 Å². The van der Waals surface area contributed by atoms with Gasteiger partial charge in [0.15, 0.2) is 11.0 Å². The van der Waals surface area contributed by atoms with Crippen LogP contribution in [-0.4, -0.2) is 31.4 Å². The fourth-order valence-electron chi connectivity index (χ4n) is 2.97. The molecule has 4 rings (SSSR count). The first-order valence-corrected chi connectivity index (χ1v) is 10.1. The predicted octanol–water partition coefficient (Wildman–Crippen LogP) is 4.41. The van der Waals surface area contributed by atoms with E-state index in [0.29, 0.717) is 11.7 Å². The molecule has 0 saturated heterocycles. The highest BCUT2D eigenvalue weighted by Gasteiger charge is 2.15. The van der Waals surface area contributed by atoms with Gasteiger partial charge in [0.05, 0.1) is 11.3 Å². The first-order chi connectivity index (χ1) is 14.2. The van der Waals surface area contributed by atoms with Crippen molar-refractivity contribution in [2.24, 2.45) is 0 Å². The molecule has 0 saturated carbocycles. The summed E-state index contributed by atoms with van der Waals surface area (Å²) in [6.45, 7) is 4.39. The smallest absolute Gasteiger partial charge is 0.234 e. The molecule has 0 aliphatic carbocycles. The molecule has 1 N–H and O–H groups in total. The molecule has 1 amide bonds. The number of rotatable bonds is 7. The zero-order valence-corrected chi connectivity index (χ0v) is 16.5. The van der Waals surface area contributed by atoms with Crippen LogP contribution in [0.1, 0.15) is 0 Å². The lowest BCUT2D eigenvalue weighted by molar-refractivity contribution is -0.113. The average Bonchev–Trinajstić information content (AvgIpc) is 3.15. The SMILES string of the molecule is C=CCn1c(SCC(=O)Nc2ccccc2)nnc1-c1ccc2ncccc2c1. The van der Waals surface area contributed by atoms with E-state index in [9.17, 15) is 4.79 Å². The Morgan fingerprint density at radius 2 is 1.97 bits per heavy atom. The van der Waals surface area contributed by atoms with Crippen LogP contribution in [0.25, 0.3) is 22.3 Å². The summed E-state index contributed by atoms with van der Waals surface area (Å²) in [7, 11) is 0. The first kappa shape index (κ1) is 18.9. The van der Waals surface area contributed by atoms with Crippen LogP contribution in [0.3, 0.4) is 0 Å². The summed E-state index contributed by atoms with van der Waals surface area (Å²) in [6, 6.07) is 19.3. The molecule has 0 spiro atoms. The van der Waals surface area contributed by atoms with Gasteiger partial charge in [-0.15, -0.1) is 16.8 Å². The second-order valence-corrected chi connectivity index (χ2v) is 7.26. The number of hydrogen-bond donors (Lipinski definition) is 1. The monoisotopic (exact) mass is 401 g/mol. The van der Waals surface area contributed by atoms with Crippen molar-refractivity contribution in [3.05, 3.63) is 79.5 Å². The summed E-state index contributed by atoms with van der Waals surface area (Å²) >= 11 is 1.35. The summed E-state index contributed by atoms with van der Waals surface area (Å²) in [4.78, 5) is 16.6. The molecule has 0 bridgehead atoms. The molecular formula is C22H19N5OS. The van der Waals surface area contributed by atoms with Gasteiger partial charge in [-0.1, -0.05) is 42.1 Å². The average molecular weight is 401 g/mol. The van der Waals surface area contributed by atoms with Crippen molar-refractivity contribution in [1.82, 2.24) is 19.7 Å². The Morgan fingerprint density at radius 1 is 1.10 bits per heavy atom. The second-order valence-electron chi connectivity index (χ2n) is 6.32. The fourth-order valence-corrected chi connectivity index (χ4v) is 3.71. The lowest BCUT2D eigenvalue weighted by atomic mass is 10.1. The van der Waals surface area contributed by atoms with Gasteiger partial charge < -0.3 is 5.32 Å². The summed E-state index contributed by atoms with van der Waals surface area (Å²) < 4.78 is 1.96. The highest BCUT2D eigenvalue weighted by molar-refractivity contribution is 7.99. The van der Waals surface area contributed by atoms with E-state index in [2.05, 4.69) is 27.1 Å². The van der Waals surface area contributed by atoms with E-state index in [1.807, 2.05) is 65.2 Å². The molecule has 7 heteroatoms. The van der Waals surface area contributed by atoms with Gasteiger partial charge in [0.1, 0.15) is 0 Å². The minimum atomic E-state index is -0.0901. The number of allylic oxidation sites excluding steroid dienone is 1. The van der Waals surface area contributed by atoms with Crippen molar-refractivity contribution in [2.45, 2.75) is 11.7 Å². The van der Waals surface area contributed by atoms with Crippen LogP contribution in [0.15, 0.2) is 84.7 Å². The maximum absolute atomic E-state index is 12.3. The van der Waals surface area contributed by atoms with Crippen LogP contribution in [0.4, 0.5) is 5.69 Å². The Balaban J connectivity index is 1.54. The largest absolute Gasteiger partial charge is 0.325 e. The van der Waals surface area contributed by atoms with Gasteiger partial charge in [0, 0.05) is 29.4 Å². The third-order valence-corrected chi connectivity index (χ3v) is 5.25. The third kappa shape index (κ3) is 4.35. The van der Waals surface area contributed by atoms with Crippen LogP contribution in [0, 0.1) is 0 Å². The van der Waals surface area contributed by atoms with Gasteiger partial charge in [0.25, 0.3) is 0 Å². The van der Waals surface area contributed by atoms with Gasteiger partial charge in [-0.3, -0.25) is 14.3 Å². The van der Waals surface area contributed by atoms with Gasteiger partial charge in [-0.05, 0) is 36.4 Å². The Hall–Kier alpha value is -3.45. The van der Waals surface area contributed by atoms with Crippen LogP contribution >= 0.6 is 11.8 Å². The van der Waals surface area contributed by atoms with Crippen LogP contribution < -0.4 is 5.32 Å². The summed E-state index contributed by atoms with van der Waals surface area (Å²) in [6.07, 6.45) is 3.57. The number of benzene rings is 2. The number of anilines is 1. The molecule has 4 aromatic rings. The number of carbonyl (C=O) groups excluding carboxylic acids is 1. The van der Waals surface area contributed by atoms with Crippen LogP contribution in [0.2, 0.25) is 0 Å². The summed E-state index contributed by atoms with van der Waals surface area (Å²) in [5.74, 6) is 0.889. The number of thioether (sulfide) groups is 1. The van der Waals surface area contributed by atoms with Crippen molar-refractivity contribution >= 4 is 34.3 Å². The molecule has 144 valence electrons. The van der Waals surface area contributed by atoms with Gasteiger partial charge in [-0.25, -0.2) is 0 Å². The number of nitrogens with zero attached hydrogens (tertiary/aromatic N) is 4. The summed E-state index contributed by atoms with van der Waals surface area (Å²) in [5, 5.41) is 13.3. The Morgan fingerprint density at radius 3 is 2.79 bits per heavy atom.